The number of benzene rings is 2. The van der Waals surface area contributed by atoms with Crippen LogP contribution in [-0.4, -0.2) is 37.9 Å². The third-order valence-corrected chi connectivity index (χ3v) is 4.40. The van der Waals surface area contributed by atoms with Crippen molar-refractivity contribution >= 4 is 6.09 Å². The monoisotopic (exact) mass is 372 g/mol. The molecule has 0 spiro atoms. The number of carbonyl (C=O) groups is 1. The average molecular weight is 372 g/mol. The fraction of sp³-hybridized carbons (Fsp3) is 0.381. The molecule has 2 aromatic carbocycles. The van der Waals surface area contributed by atoms with Crippen LogP contribution in [0.5, 0.6) is 11.5 Å². The number of amides is 1. The molecule has 0 radical (unpaired) electrons. The lowest BCUT2D eigenvalue weighted by molar-refractivity contribution is 0.134. The molecule has 27 heavy (non-hydrogen) atoms. The highest BCUT2D eigenvalue weighted by Crippen LogP contribution is 2.27. The Morgan fingerprint density at radius 1 is 1.15 bits per heavy atom. The highest BCUT2D eigenvalue weighted by Gasteiger charge is 2.32. The van der Waals surface area contributed by atoms with Gasteiger partial charge in [0, 0.05) is 6.54 Å². The van der Waals surface area contributed by atoms with Gasteiger partial charge in [0.05, 0.1) is 26.8 Å². The number of methoxy groups -OCH3 is 2. The lowest BCUT2D eigenvalue weighted by atomic mass is 10.1. The molecular formula is C21H28N2O4. The smallest absolute Gasteiger partial charge is 0.410 e. The summed E-state index contributed by atoms with van der Waals surface area (Å²) in [5, 5.41) is 0. The summed E-state index contributed by atoms with van der Waals surface area (Å²) in [5.41, 5.74) is 7.57. The SMILES string of the molecule is COc1cccc(C(C)N2C[C@@H](C)OC2=O)c1.COc1cccc(CN)c1. The van der Waals surface area contributed by atoms with Crippen molar-refractivity contribution in [2.75, 3.05) is 20.8 Å². The van der Waals surface area contributed by atoms with Gasteiger partial charge in [-0.25, -0.2) is 4.79 Å². The van der Waals surface area contributed by atoms with E-state index in [0.717, 1.165) is 22.6 Å². The van der Waals surface area contributed by atoms with E-state index in [1.54, 1.807) is 19.1 Å². The Bertz CT molecular complexity index is 731. The first-order valence-electron chi connectivity index (χ1n) is 8.92. The first-order valence-corrected chi connectivity index (χ1v) is 8.92. The molecule has 1 fully saturated rings. The zero-order valence-electron chi connectivity index (χ0n) is 16.3. The number of ether oxygens (including phenoxy) is 3. The Morgan fingerprint density at radius 3 is 2.33 bits per heavy atom. The second kappa shape index (κ2) is 9.83. The second-order valence-corrected chi connectivity index (χ2v) is 6.35. The van der Waals surface area contributed by atoms with Crippen molar-refractivity contribution in [3.63, 3.8) is 0 Å². The van der Waals surface area contributed by atoms with Crippen molar-refractivity contribution in [3.05, 3.63) is 59.7 Å². The molecule has 2 aromatic rings. The van der Waals surface area contributed by atoms with E-state index >= 15 is 0 Å². The molecule has 6 nitrogen and oxygen atoms in total. The minimum absolute atomic E-state index is 0.00236. The number of hydrogen-bond acceptors (Lipinski definition) is 5. The van der Waals surface area contributed by atoms with Crippen LogP contribution in [0.4, 0.5) is 4.79 Å². The van der Waals surface area contributed by atoms with Crippen molar-refractivity contribution in [2.45, 2.75) is 32.5 Å². The Morgan fingerprint density at radius 2 is 1.78 bits per heavy atom. The summed E-state index contributed by atoms with van der Waals surface area (Å²) < 4.78 is 15.3. The van der Waals surface area contributed by atoms with Crippen LogP contribution in [0.3, 0.4) is 0 Å². The van der Waals surface area contributed by atoms with Gasteiger partial charge in [-0.3, -0.25) is 4.90 Å². The summed E-state index contributed by atoms with van der Waals surface area (Å²) in [6.07, 6.45) is -0.275. The Kier molecular flexibility index (Phi) is 7.49. The molecule has 1 amide bonds. The minimum atomic E-state index is -0.243. The first kappa shape index (κ1) is 20.6. The van der Waals surface area contributed by atoms with Crippen LogP contribution in [0, 0.1) is 0 Å². The zero-order chi connectivity index (χ0) is 19.8. The maximum Gasteiger partial charge on any atom is 0.410 e. The number of hydrogen-bond donors (Lipinski definition) is 1. The van der Waals surface area contributed by atoms with Gasteiger partial charge in [-0.05, 0) is 49.2 Å². The number of nitrogens with two attached hydrogens (primary N) is 1. The van der Waals surface area contributed by atoms with Crippen LogP contribution >= 0.6 is 0 Å². The lowest BCUT2D eigenvalue weighted by Gasteiger charge is -2.22. The predicted octanol–water partition coefficient (Wildman–Crippen LogP) is 3.75. The molecule has 6 heteroatoms. The lowest BCUT2D eigenvalue weighted by Crippen LogP contribution is -2.28. The van der Waals surface area contributed by atoms with Crippen molar-refractivity contribution in [1.29, 1.82) is 0 Å². The van der Waals surface area contributed by atoms with Crippen LogP contribution in [0.1, 0.15) is 31.0 Å². The molecule has 1 heterocycles. The van der Waals surface area contributed by atoms with Crippen molar-refractivity contribution in [1.82, 2.24) is 4.90 Å². The molecule has 1 unspecified atom stereocenters. The molecule has 0 aromatic heterocycles. The summed E-state index contributed by atoms with van der Waals surface area (Å²) >= 11 is 0. The maximum absolute atomic E-state index is 11.6. The fourth-order valence-corrected chi connectivity index (χ4v) is 2.83. The molecule has 1 aliphatic rings. The van der Waals surface area contributed by atoms with Crippen LogP contribution in [0.15, 0.2) is 48.5 Å². The third-order valence-electron chi connectivity index (χ3n) is 4.40. The van der Waals surface area contributed by atoms with Gasteiger partial charge in [0.1, 0.15) is 17.6 Å². The topological polar surface area (TPSA) is 74.0 Å². The van der Waals surface area contributed by atoms with E-state index in [-0.39, 0.29) is 18.2 Å². The van der Waals surface area contributed by atoms with E-state index < -0.39 is 0 Å². The van der Waals surface area contributed by atoms with Crippen molar-refractivity contribution in [3.8, 4) is 11.5 Å². The van der Waals surface area contributed by atoms with Gasteiger partial charge < -0.3 is 19.9 Å². The molecular weight excluding hydrogens is 344 g/mol. The summed E-state index contributed by atoms with van der Waals surface area (Å²) in [4.78, 5) is 13.4. The van der Waals surface area contributed by atoms with Crippen LogP contribution < -0.4 is 15.2 Å². The largest absolute Gasteiger partial charge is 0.497 e. The van der Waals surface area contributed by atoms with E-state index in [0.29, 0.717) is 13.1 Å². The van der Waals surface area contributed by atoms with Gasteiger partial charge in [0.25, 0.3) is 0 Å². The second-order valence-electron chi connectivity index (χ2n) is 6.35. The molecule has 0 saturated carbocycles. The predicted molar refractivity (Wildman–Crippen MR) is 105 cm³/mol. The van der Waals surface area contributed by atoms with Crippen molar-refractivity contribution in [2.24, 2.45) is 5.73 Å². The van der Waals surface area contributed by atoms with Gasteiger partial charge in [0.15, 0.2) is 0 Å². The molecule has 2 atom stereocenters. The van der Waals surface area contributed by atoms with Gasteiger partial charge in [-0.15, -0.1) is 0 Å². The quantitative estimate of drug-likeness (QED) is 0.865. The normalized spacial score (nSPS) is 16.9. The van der Waals surface area contributed by atoms with Crippen LogP contribution in [0.2, 0.25) is 0 Å². The van der Waals surface area contributed by atoms with Gasteiger partial charge in [0.2, 0.25) is 0 Å². The number of cyclic esters (lactones) is 1. The maximum atomic E-state index is 11.6. The molecule has 3 rings (SSSR count). The van der Waals surface area contributed by atoms with Gasteiger partial charge >= 0.3 is 6.09 Å². The molecule has 146 valence electrons. The molecule has 1 saturated heterocycles. The summed E-state index contributed by atoms with van der Waals surface area (Å²) in [5.74, 6) is 1.66. The number of nitrogens with zero attached hydrogens (tertiary/aromatic N) is 1. The number of carbonyl (C=O) groups excluding carboxylic acids is 1. The third kappa shape index (κ3) is 5.62. The standard InChI is InChI=1S/C13H17NO3.C8H11NO/c1-9-8-14(13(15)17-9)10(2)11-5-4-6-12(7-11)16-3;1-10-8-4-2-3-7(5-8)6-9/h4-7,9-10H,8H2,1-3H3;2-5H,6,9H2,1H3/t9-,10?;/m1./s1. The first-order chi connectivity index (χ1) is 13.0. The Labute approximate surface area is 160 Å². The van der Waals surface area contributed by atoms with E-state index in [9.17, 15) is 4.79 Å². The van der Waals surface area contributed by atoms with Gasteiger partial charge in [-0.1, -0.05) is 24.3 Å². The Hall–Kier alpha value is -2.73. The van der Waals surface area contributed by atoms with E-state index in [2.05, 4.69) is 0 Å². The summed E-state index contributed by atoms with van der Waals surface area (Å²) in [6.45, 7) is 5.10. The van der Waals surface area contributed by atoms with E-state index in [4.69, 9.17) is 19.9 Å². The fourth-order valence-electron chi connectivity index (χ4n) is 2.83. The van der Waals surface area contributed by atoms with Crippen molar-refractivity contribution < 1.29 is 19.0 Å². The average Bonchev–Trinajstić information content (AvgIpc) is 3.05. The Balaban J connectivity index is 0.000000223. The zero-order valence-corrected chi connectivity index (χ0v) is 16.3. The van der Waals surface area contributed by atoms with Gasteiger partial charge in [-0.2, -0.15) is 0 Å². The van der Waals surface area contributed by atoms with Crippen LogP contribution in [0.25, 0.3) is 0 Å². The molecule has 2 N–H and O–H groups in total. The molecule has 1 aliphatic heterocycles. The summed E-state index contributed by atoms with van der Waals surface area (Å²) in [7, 11) is 3.28. The molecule has 0 aliphatic carbocycles. The minimum Gasteiger partial charge on any atom is -0.497 e. The summed E-state index contributed by atoms with van der Waals surface area (Å²) in [6, 6.07) is 15.5. The van der Waals surface area contributed by atoms with E-state index in [1.807, 2.05) is 62.4 Å². The molecule has 0 bridgehead atoms. The van der Waals surface area contributed by atoms with Crippen LogP contribution in [-0.2, 0) is 11.3 Å². The number of rotatable bonds is 5. The highest BCUT2D eigenvalue weighted by atomic mass is 16.6. The van der Waals surface area contributed by atoms with E-state index in [1.165, 1.54) is 0 Å². The highest BCUT2D eigenvalue weighted by molar-refractivity contribution is 5.70.